The van der Waals surface area contributed by atoms with Gasteiger partial charge < -0.3 is 4.90 Å². The van der Waals surface area contributed by atoms with Crippen LogP contribution in [0.3, 0.4) is 0 Å². The highest BCUT2D eigenvalue weighted by atomic mass is 32.1. The largest absolute Gasteiger partial charge is 0.301 e. The smallest absolute Gasteiger partial charge is 0.0345 e. The molecule has 106 valence electrons. The Labute approximate surface area is 129 Å². The molecule has 1 atom stereocenters. The van der Waals surface area contributed by atoms with Gasteiger partial charge in [0.1, 0.15) is 0 Å². The van der Waals surface area contributed by atoms with E-state index in [9.17, 15) is 0 Å². The van der Waals surface area contributed by atoms with E-state index < -0.39 is 0 Å². The first kappa shape index (κ1) is 13.1. The third-order valence-electron chi connectivity index (χ3n) is 4.63. The van der Waals surface area contributed by atoms with Crippen LogP contribution in [0.1, 0.15) is 28.2 Å². The molecule has 0 saturated carbocycles. The molecular formula is C19H19NS. The monoisotopic (exact) mass is 293 g/mol. The summed E-state index contributed by atoms with van der Waals surface area (Å²) in [5, 5.41) is 3.54. The van der Waals surface area contributed by atoms with Gasteiger partial charge in [-0.3, -0.25) is 0 Å². The molecule has 0 aliphatic carbocycles. The van der Waals surface area contributed by atoms with Crippen molar-refractivity contribution in [2.75, 3.05) is 13.6 Å². The average Bonchev–Trinajstić information content (AvgIpc) is 2.95. The summed E-state index contributed by atoms with van der Waals surface area (Å²) in [4.78, 5) is 2.44. The molecule has 0 radical (unpaired) electrons. The number of aryl methyl sites for hydroxylation is 1. The van der Waals surface area contributed by atoms with Gasteiger partial charge in [-0.2, -0.15) is 0 Å². The number of nitrogens with zero attached hydrogens (tertiary/aromatic N) is 1. The number of likely N-dealkylation sites (N-methyl/N-ethyl adjacent to an activating group) is 1. The van der Waals surface area contributed by atoms with Gasteiger partial charge in [0.15, 0.2) is 0 Å². The van der Waals surface area contributed by atoms with E-state index in [0.29, 0.717) is 5.92 Å². The summed E-state index contributed by atoms with van der Waals surface area (Å²) in [5.74, 6) is 0.491. The van der Waals surface area contributed by atoms with Crippen LogP contribution in [-0.4, -0.2) is 18.5 Å². The lowest BCUT2D eigenvalue weighted by Gasteiger charge is -2.33. The van der Waals surface area contributed by atoms with E-state index in [1.54, 1.807) is 0 Å². The number of hydrogen-bond donors (Lipinski definition) is 0. The minimum Gasteiger partial charge on any atom is -0.301 e. The van der Waals surface area contributed by atoms with E-state index in [1.165, 1.54) is 32.3 Å². The van der Waals surface area contributed by atoms with Crippen molar-refractivity contribution in [3.63, 3.8) is 0 Å². The van der Waals surface area contributed by atoms with Crippen molar-refractivity contribution in [2.24, 2.45) is 0 Å². The summed E-state index contributed by atoms with van der Waals surface area (Å²) in [7, 11) is 2.23. The fourth-order valence-corrected chi connectivity index (χ4v) is 4.32. The Morgan fingerprint density at radius 1 is 1.14 bits per heavy atom. The Bertz CT molecular complexity index is 802. The molecule has 0 spiro atoms. The zero-order valence-electron chi connectivity index (χ0n) is 12.5. The lowest BCUT2D eigenvalue weighted by molar-refractivity contribution is 0.294. The molecular weight excluding hydrogens is 274 g/mol. The van der Waals surface area contributed by atoms with Gasteiger partial charge in [0, 0.05) is 23.7 Å². The molecule has 0 amide bonds. The molecule has 2 heteroatoms. The lowest BCUT2D eigenvalue weighted by atomic mass is 9.83. The average molecular weight is 293 g/mol. The predicted octanol–water partition coefficient (Wildman–Crippen LogP) is 4.79. The maximum Gasteiger partial charge on any atom is 0.0345 e. The molecule has 0 fully saturated rings. The number of hydrogen-bond acceptors (Lipinski definition) is 2. The first-order valence-electron chi connectivity index (χ1n) is 7.46. The van der Waals surface area contributed by atoms with E-state index in [2.05, 4.69) is 66.7 Å². The van der Waals surface area contributed by atoms with Crippen LogP contribution in [0.4, 0.5) is 0 Å². The number of fused-ring (bicyclic) bond motifs is 2. The fourth-order valence-electron chi connectivity index (χ4n) is 3.48. The second-order valence-corrected chi connectivity index (χ2v) is 7.06. The Hall–Kier alpha value is -1.64. The van der Waals surface area contributed by atoms with Crippen LogP contribution in [0, 0.1) is 6.92 Å². The Morgan fingerprint density at radius 2 is 2.05 bits per heavy atom. The SMILES string of the molecule is Cc1cccc2c1CN(C)CC2c1ccc2ccsc2c1. The molecule has 0 N–H and O–H groups in total. The second-order valence-electron chi connectivity index (χ2n) is 6.11. The highest BCUT2D eigenvalue weighted by molar-refractivity contribution is 7.17. The van der Waals surface area contributed by atoms with Crippen molar-refractivity contribution < 1.29 is 0 Å². The molecule has 4 rings (SSSR count). The molecule has 1 nitrogen and oxygen atoms in total. The van der Waals surface area contributed by atoms with E-state index >= 15 is 0 Å². The van der Waals surface area contributed by atoms with E-state index in [0.717, 1.165) is 13.1 Å². The van der Waals surface area contributed by atoms with Crippen LogP contribution in [0.2, 0.25) is 0 Å². The van der Waals surface area contributed by atoms with Crippen LogP contribution in [0.15, 0.2) is 47.8 Å². The van der Waals surface area contributed by atoms with Gasteiger partial charge in [-0.25, -0.2) is 0 Å². The maximum absolute atomic E-state index is 2.44. The Morgan fingerprint density at radius 3 is 2.95 bits per heavy atom. The summed E-state index contributed by atoms with van der Waals surface area (Å²) in [5.41, 5.74) is 5.90. The molecule has 0 bridgehead atoms. The zero-order chi connectivity index (χ0) is 14.4. The Balaban J connectivity index is 1.86. The van der Waals surface area contributed by atoms with Crippen LogP contribution >= 0.6 is 11.3 Å². The molecule has 1 aliphatic rings. The van der Waals surface area contributed by atoms with Crippen molar-refractivity contribution in [2.45, 2.75) is 19.4 Å². The minimum absolute atomic E-state index is 0.491. The topological polar surface area (TPSA) is 3.24 Å². The highest BCUT2D eigenvalue weighted by Crippen LogP contribution is 2.36. The molecule has 2 heterocycles. The van der Waals surface area contributed by atoms with Gasteiger partial charge in [0.05, 0.1) is 0 Å². The number of benzene rings is 2. The van der Waals surface area contributed by atoms with Crippen LogP contribution in [0.25, 0.3) is 10.1 Å². The van der Waals surface area contributed by atoms with Gasteiger partial charge in [-0.15, -0.1) is 11.3 Å². The maximum atomic E-state index is 2.44. The molecule has 0 saturated heterocycles. The van der Waals surface area contributed by atoms with Crippen molar-refractivity contribution in [3.05, 3.63) is 70.1 Å². The fraction of sp³-hybridized carbons (Fsp3) is 0.263. The standard InChI is InChI=1S/C19H19NS/c1-13-4-3-5-16-17(13)11-20(2)12-18(16)15-7-6-14-8-9-21-19(14)10-15/h3-10,18H,11-12H2,1-2H3. The van der Waals surface area contributed by atoms with E-state index in [-0.39, 0.29) is 0 Å². The summed E-state index contributed by atoms with van der Waals surface area (Å²) in [6, 6.07) is 15.9. The minimum atomic E-state index is 0.491. The van der Waals surface area contributed by atoms with Gasteiger partial charge in [-0.1, -0.05) is 30.3 Å². The second kappa shape index (κ2) is 4.97. The highest BCUT2D eigenvalue weighted by Gasteiger charge is 2.25. The number of thiophene rings is 1. The van der Waals surface area contributed by atoms with Crippen molar-refractivity contribution in [1.82, 2.24) is 4.90 Å². The predicted molar refractivity (Wildman–Crippen MR) is 91.2 cm³/mol. The molecule has 1 aromatic heterocycles. The third kappa shape index (κ3) is 2.19. The summed E-state index contributed by atoms with van der Waals surface area (Å²) in [6.07, 6.45) is 0. The first-order chi connectivity index (χ1) is 10.2. The summed E-state index contributed by atoms with van der Waals surface area (Å²) in [6.45, 7) is 4.41. The van der Waals surface area contributed by atoms with Crippen molar-refractivity contribution in [3.8, 4) is 0 Å². The van der Waals surface area contributed by atoms with Gasteiger partial charge in [0.25, 0.3) is 0 Å². The van der Waals surface area contributed by atoms with Gasteiger partial charge in [0.2, 0.25) is 0 Å². The quantitative estimate of drug-likeness (QED) is 0.623. The molecule has 1 aliphatic heterocycles. The van der Waals surface area contributed by atoms with Crippen molar-refractivity contribution in [1.29, 1.82) is 0 Å². The molecule has 21 heavy (non-hydrogen) atoms. The van der Waals surface area contributed by atoms with Gasteiger partial charge in [-0.05, 0) is 59.1 Å². The van der Waals surface area contributed by atoms with Crippen LogP contribution < -0.4 is 0 Å². The third-order valence-corrected chi connectivity index (χ3v) is 5.51. The summed E-state index contributed by atoms with van der Waals surface area (Å²) >= 11 is 1.84. The number of rotatable bonds is 1. The molecule has 2 aromatic carbocycles. The van der Waals surface area contributed by atoms with Gasteiger partial charge >= 0.3 is 0 Å². The lowest BCUT2D eigenvalue weighted by Crippen LogP contribution is -2.31. The Kier molecular flexibility index (Phi) is 3.09. The van der Waals surface area contributed by atoms with Crippen LogP contribution in [0.5, 0.6) is 0 Å². The van der Waals surface area contributed by atoms with E-state index in [1.807, 2.05) is 11.3 Å². The molecule has 3 aromatic rings. The van der Waals surface area contributed by atoms with E-state index in [4.69, 9.17) is 0 Å². The zero-order valence-corrected chi connectivity index (χ0v) is 13.3. The first-order valence-corrected chi connectivity index (χ1v) is 8.34. The normalized spacial score (nSPS) is 18.9. The van der Waals surface area contributed by atoms with Crippen LogP contribution in [-0.2, 0) is 6.54 Å². The van der Waals surface area contributed by atoms with Crippen molar-refractivity contribution >= 4 is 21.4 Å². The molecule has 1 unspecified atom stereocenters. The summed E-state index contributed by atoms with van der Waals surface area (Å²) < 4.78 is 1.40.